The minimum Gasteiger partial charge on any atom is -0.465 e. The molecule has 1 N–H and O–H groups in total. The van der Waals surface area contributed by atoms with Crippen molar-refractivity contribution in [1.29, 1.82) is 0 Å². The summed E-state index contributed by atoms with van der Waals surface area (Å²) in [6.07, 6.45) is 15.5. The van der Waals surface area contributed by atoms with Gasteiger partial charge in [-0.15, -0.1) is 11.8 Å². The monoisotopic (exact) mass is 635 g/mol. The molecule has 3 aromatic rings. The molecule has 246 valence electrons. The van der Waals surface area contributed by atoms with Gasteiger partial charge in [0, 0.05) is 55.4 Å². The Hall–Kier alpha value is -2.66. The average molecular weight is 636 g/mol. The molecule has 0 unspecified atom stereocenters. The summed E-state index contributed by atoms with van der Waals surface area (Å²) in [5.41, 5.74) is 1.74. The molecule has 0 bridgehead atoms. The number of esters is 1. The molecule has 1 spiro atoms. The van der Waals surface area contributed by atoms with Gasteiger partial charge in [0.15, 0.2) is 0 Å². The molecule has 0 radical (unpaired) electrons. The Kier molecular flexibility index (Phi) is 12.6. The number of carbonyl (C=O) groups excluding carboxylic acids is 1. The number of benzene rings is 1. The van der Waals surface area contributed by atoms with Crippen LogP contribution >= 0.6 is 11.8 Å². The average Bonchev–Trinajstić information content (AvgIpc) is 3.81. The van der Waals surface area contributed by atoms with E-state index in [1.165, 1.54) is 75.6 Å². The lowest BCUT2D eigenvalue weighted by Crippen LogP contribution is -2.45. The molecule has 2 saturated heterocycles. The molecule has 4 heterocycles. The lowest BCUT2D eigenvalue weighted by Gasteiger charge is -2.42. The summed E-state index contributed by atoms with van der Waals surface area (Å²) in [5.74, 6) is 2.16. The summed E-state index contributed by atoms with van der Waals surface area (Å²) < 4.78 is 7.43. The van der Waals surface area contributed by atoms with Crippen molar-refractivity contribution in [3.05, 3.63) is 66.3 Å². The maximum absolute atomic E-state index is 11.9. The van der Waals surface area contributed by atoms with Crippen LogP contribution < -0.4 is 0 Å². The number of hydrogen-bond donors (Lipinski definition) is 1. The molecular formula is C35H53N7O2S. The first-order chi connectivity index (χ1) is 22.0. The summed E-state index contributed by atoms with van der Waals surface area (Å²) in [6, 6.07) is 9.20. The van der Waals surface area contributed by atoms with Gasteiger partial charge in [-0.25, -0.2) is 9.97 Å². The van der Waals surface area contributed by atoms with Gasteiger partial charge >= 0.3 is 5.97 Å². The zero-order valence-corrected chi connectivity index (χ0v) is 28.4. The maximum atomic E-state index is 11.9. The number of nitrogens with zero attached hydrogens (tertiary/aromatic N) is 6. The number of likely N-dealkylation sites (tertiary alicyclic amines) is 2. The maximum Gasteiger partial charge on any atom is 0.316 e. The number of carbonyl (C=O) groups is 1. The topological polar surface area (TPSA) is 82.5 Å². The highest BCUT2D eigenvalue weighted by Gasteiger charge is 2.40. The zero-order valence-electron chi connectivity index (χ0n) is 27.6. The Bertz CT molecular complexity index is 1300. The number of nitrogens with one attached hydrogen (secondary N) is 1. The number of rotatable bonds is 17. The fraction of sp³-hybridized carbons (Fsp3) is 0.629. The largest absolute Gasteiger partial charge is 0.465 e. The number of ether oxygens (including phenoxy) is 1. The fourth-order valence-electron chi connectivity index (χ4n) is 7.26. The third-order valence-corrected chi connectivity index (χ3v) is 10.7. The van der Waals surface area contributed by atoms with Gasteiger partial charge in [-0.1, -0.05) is 26.0 Å². The molecule has 45 heavy (non-hydrogen) atoms. The molecule has 2 aliphatic heterocycles. The van der Waals surface area contributed by atoms with E-state index in [1.54, 1.807) is 6.20 Å². The van der Waals surface area contributed by atoms with E-state index < -0.39 is 0 Å². The second kappa shape index (κ2) is 16.8. The summed E-state index contributed by atoms with van der Waals surface area (Å²) in [5, 5.41) is 0. The Labute approximate surface area is 274 Å². The molecule has 1 aromatic carbocycles. The van der Waals surface area contributed by atoms with Gasteiger partial charge in [0.1, 0.15) is 11.6 Å². The number of aryl methyl sites for hydroxylation is 1. The van der Waals surface area contributed by atoms with Crippen molar-refractivity contribution < 1.29 is 9.53 Å². The van der Waals surface area contributed by atoms with Crippen molar-refractivity contribution >= 4 is 17.7 Å². The van der Waals surface area contributed by atoms with Crippen LogP contribution in [0.25, 0.3) is 0 Å². The van der Waals surface area contributed by atoms with Crippen molar-refractivity contribution in [2.45, 2.75) is 96.4 Å². The first kappa shape index (κ1) is 33.7. The van der Waals surface area contributed by atoms with Crippen molar-refractivity contribution in [1.82, 2.24) is 34.2 Å². The number of imidazole rings is 2. The Morgan fingerprint density at radius 3 is 2.62 bits per heavy atom. The Morgan fingerprint density at radius 1 is 1.04 bits per heavy atom. The van der Waals surface area contributed by atoms with E-state index in [9.17, 15) is 4.79 Å². The summed E-state index contributed by atoms with van der Waals surface area (Å²) in [7, 11) is 0. The molecule has 9 nitrogen and oxygen atoms in total. The smallest absolute Gasteiger partial charge is 0.316 e. The summed E-state index contributed by atoms with van der Waals surface area (Å²) in [4.78, 5) is 33.3. The van der Waals surface area contributed by atoms with Crippen LogP contribution in [-0.4, -0.2) is 91.3 Å². The first-order valence-corrected chi connectivity index (χ1v) is 18.0. The second-order valence-corrected chi connectivity index (χ2v) is 13.9. The first-order valence-electron chi connectivity index (χ1n) is 17.0. The van der Waals surface area contributed by atoms with Crippen molar-refractivity contribution in [2.75, 3.05) is 45.1 Å². The minimum atomic E-state index is -0.179. The third kappa shape index (κ3) is 9.67. The van der Waals surface area contributed by atoms with Gasteiger partial charge in [-0.05, 0) is 94.7 Å². The van der Waals surface area contributed by atoms with Gasteiger partial charge in [0.2, 0.25) is 0 Å². The Morgan fingerprint density at radius 2 is 1.87 bits per heavy atom. The number of piperidine rings is 1. The summed E-state index contributed by atoms with van der Waals surface area (Å²) >= 11 is 1.52. The van der Waals surface area contributed by atoms with Crippen LogP contribution in [0.4, 0.5) is 0 Å². The third-order valence-electron chi connectivity index (χ3n) is 9.77. The number of H-pyrrole nitrogens is 1. The molecule has 0 saturated carbocycles. The molecule has 2 aromatic heterocycles. The van der Waals surface area contributed by atoms with Crippen LogP contribution in [0.15, 0.2) is 53.9 Å². The van der Waals surface area contributed by atoms with Gasteiger partial charge in [-0.3, -0.25) is 9.69 Å². The van der Waals surface area contributed by atoms with Gasteiger partial charge in [-0.2, -0.15) is 0 Å². The van der Waals surface area contributed by atoms with Crippen LogP contribution in [0.3, 0.4) is 0 Å². The second-order valence-electron chi connectivity index (χ2n) is 12.8. The van der Waals surface area contributed by atoms with Crippen molar-refractivity contribution in [3.8, 4) is 0 Å². The molecule has 2 aliphatic rings. The van der Waals surface area contributed by atoms with Crippen LogP contribution in [-0.2, 0) is 35.7 Å². The van der Waals surface area contributed by atoms with Crippen LogP contribution in [0.5, 0.6) is 0 Å². The van der Waals surface area contributed by atoms with Gasteiger partial charge in [0.05, 0.1) is 25.4 Å². The standard InChI is InChI=1S/C35H53N7O2S/c1-4-30(5-2)41-20-12-35(13-21-41)11-19-39(28-35)17-8-18-42-22-16-38-33(42)26-40(25-32-36-14-15-37-32)24-29-9-7-10-31(23-29)45-27-34(43)44-6-3/h7,9-10,14-16,22-23,30H,4-6,8,11-13,17-21,24-28H2,1-3H3,(H,36,37). The van der Waals surface area contributed by atoms with Crippen LogP contribution in [0.2, 0.25) is 0 Å². The van der Waals surface area contributed by atoms with Gasteiger partial charge < -0.3 is 24.1 Å². The highest BCUT2D eigenvalue weighted by atomic mass is 32.2. The SMILES string of the molecule is CCOC(=O)CSc1cccc(CN(Cc2ncc[nH]2)Cc2nccn2CCCN2CCC3(CCN(C(CC)CC)CC3)C2)c1. The molecule has 10 heteroatoms. The van der Waals surface area contributed by atoms with E-state index in [2.05, 4.69) is 73.5 Å². The lowest BCUT2D eigenvalue weighted by atomic mass is 9.77. The van der Waals surface area contributed by atoms with E-state index in [4.69, 9.17) is 9.72 Å². The van der Waals surface area contributed by atoms with Gasteiger partial charge in [0.25, 0.3) is 0 Å². The number of aromatic amines is 1. The van der Waals surface area contributed by atoms with E-state index in [1.807, 2.05) is 19.3 Å². The Balaban J connectivity index is 1.13. The van der Waals surface area contributed by atoms with E-state index >= 15 is 0 Å². The fourth-order valence-corrected chi connectivity index (χ4v) is 8.03. The normalized spacial score (nSPS) is 17.2. The highest BCUT2D eigenvalue weighted by molar-refractivity contribution is 8.00. The predicted octanol–water partition coefficient (Wildman–Crippen LogP) is 5.83. The van der Waals surface area contributed by atoms with Crippen LogP contribution in [0, 0.1) is 5.41 Å². The lowest BCUT2D eigenvalue weighted by molar-refractivity contribution is -0.139. The van der Waals surface area contributed by atoms with Crippen molar-refractivity contribution in [2.24, 2.45) is 5.41 Å². The van der Waals surface area contributed by atoms with Crippen LogP contribution in [0.1, 0.15) is 76.5 Å². The molecule has 5 rings (SSSR count). The molecule has 0 atom stereocenters. The predicted molar refractivity (Wildman–Crippen MR) is 181 cm³/mol. The molecule has 0 aliphatic carbocycles. The highest BCUT2D eigenvalue weighted by Crippen LogP contribution is 2.41. The molecule has 2 fully saturated rings. The number of aromatic nitrogens is 4. The molecular weight excluding hydrogens is 582 g/mol. The quantitative estimate of drug-likeness (QED) is 0.147. The van der Waals surface area contributed by atoms with Crippen molar-refractivity contribution in [3.63, 3.8) is 0 Å². The number of hydrogen-bond acceptors (Lipinski definition) is 8. The van der Waals surface area contributed by atoms with E-state index in [0.29, 0.717) is 24.3 Å². The minimum absolute atomic E-state index is 0.179. The summed E-state index contributed by atoms with van der Waals surface area (Å²) in [6.45, 7) is 16.3. The zero-order chi connectivity index (χ0) is 31.5. The van der Waals surface area contributed by atoms with E-state index in [0.717, 1.165) is 55.2 Å². The molecule has 0 amide bonds. The number of thioether (sulfide) groups is 1. The van der Waals surface area contributed by atoms with E-state index in [-0.39, 0.29) is 5.97 Å².